The lowest BCUT2D eigenvalue weighted by Gasteiger charge is -2.33. The van der Waals surface area contributed by atoms with Crippen molar-refractivity contribution in [3.63, 3.8) is 0 Å². The van der Waals surface area contributed by atoms with E-state index in [4.69, 9.17) is 0 Å². The van der Waals surface area contributed by atoms with Gasteiger partial charge in [0.15, 0.2) is 0 Å². The highest BCUT2D eigenvalue weighted by Gasteiger charge is 2.33. The van der Waals surface area contributed by atoms with E-state index < -0.39 is 17.8 Å². The summed E-state index contributed by atoms with van der Waals surface area (Å²) >= 11 is 1.56. The number of rotatable bonds is 3. The van der Waals surface area contributed by atoms with Crippen molar-refractivity contribution in [2.45, 2.75) is 19.0 Å². The Balaban J connectivity index is 1.91. The lowest BCUT2D eigenvalue weighted by atomic mass is 9.99. The number of fused-ring (bicyclic) bond motifs is 1. The van der Waals surface area contributed by atoms with Crippen LogP contribution in [0.2, 0.25) is 0 Å². The van der Waals surface area contributed by atoms with Gasteiger partial charge in [-0.15, -0.1) is 11.3 Å². The third-order valence-electron chi connectivity index (χ3n) is 3.71. The molecule has 0 saturated carbocycles. The quantitative estimate of drug-likeness (QED) is 0.915. The number of hydrogen-bond acceptors (Lipinski definition) is 4. The van der Waals surface area contributed by atoms with E-state index >= 15 is 0 Å². The number of halogens is 1. The molecule has 2 N–H and O–H groups in total. The van der Waals surface area contributed by atoms with Gasteiger partial charge in [-0.1, -0.05) is 0 Å². The minimum absolute atomic E-state index is 0.0170. The first-order valence-corrected chi connectivity index (χ1v) is 7.44. The van der Waals surface area contributed by atoms with Crippen molar-refractivity contribution in [1.82, 2.24) is 4.90 Å². The van der Waals surface area contributed by atoms with Crippen molar-refractivity contribution < 1.29 is 19.4 Å². The van der Waals surface area contributed by atoms with Crippen LogP contribution in [0.15, 0.2) is 29.6 Å². The van der Waals surface area contributed by atoms with Crippen molar-refractivity contribution in [2.24, 2.45) is 0 Å². The fraction of sp³-hybridized carbons (Fsp3) is 0.267. The van der Waals surface area contributed by atoms with E-state index in [1.807, 2.05) is 11.4 Å². The van der Waals surface area contributed by atoms with Gasteiger partial charge < -0.3 is 10.2 Å². The molecule has 0 aliphatic carbocycles. The largest absolute Gasteiger partial charge is 0.508 e. The van der Waals surface area contributed by atoms with Gasteiger partial charge in [0, 0.05) is 23.5 Å². The number of carboxylic acid groups (broad SMARTS) is 1. The molecule has 0 spiro atoms. The summed E-state index contributed by atoms with van der Waals surface area (Å²) in [6.07, 6.45) is 0.771. The van der Waals surface area contributed by atoms with Crippen LogP contribution in [0.3, 0.4) is 0 Å². The predicted octanol–water partition coefficient (Wildman–Crippen LogP) is 2.78. The maximum Gasteiger partial charge on any atom is 0.325 e. The summed E-state index contributed by atoms with van der Waals surface area (Å²) in [6.45, 7) is 0.774. The number of nitrogens with zero attached hydrogens (tertiary/aromatic N) is 1. The Morgan fingerprint density at radius 3 is 3.00 bits per heavy atom. The van der Waals surface area contributed by atoms with Gasteiger partial charge in [-0.25, -0.2) is 4.39 Å². The molecule has 4 nitrogen and oxygen atoms in total. The Hall–Kier alpha value is -1.92. The van der Waals surface area contributed by atoms with Crippen LogP contribution in [0, 0.1) is 5.82 Å². The van der Waals surface area contributed by atoms with Crippen molar-refractivity contribution in [2.75, 3.05) is 6.54 Å². The number of aromatic hydroxyl groups is 1. The van der Waals surface area contributed by atoms with Crippen LogP contribution in [-0.2, 0) is 17.8 Å². The average molecular weight is 307 g/mol. The van der Waals surface area contributed by atoms with Crippen LogP contribution in [0.5, 0.6) is 5.75 Å². The molecule has 1 aliphatic heterocycles. The number of benzene rings is 1. The summed E-state index contributed by atoms with van der Waals surface area (Å²) in [5.74, 6) is -1.38. The van der Waals surface area contributed by atoms with Crippen LogP contribution in [0.1, 0.15) is 22.0 Å². The zero-order chi connectivity index (χ0) is 15.0. The fourth-order valence-corrected chi connectivity index (χ4v) is 3.63. The number of aliphatic carboxylic acids is 1. The van der Waals surface area contributed by atoms with E-state index in [0.717, 1.165) is 16.9 Å². The van der Waals surface area contributed by atoms with E-state index in [0.29, 0.717) is 12.1 Å². The van der Waals surface area contributed by atoms with E-state index in [9.17, 15) is 19.4 Å². The number of phenols is 1. The summed E-state index contributed by atoms with van der Waals surface area (Å²) < 4.78 is 13.3. The molecule has 0 fully saturated rings. The van der Waals surface area contributed by atoms with Crippen LogP contribution < -0.4 is 0 Å². The van der Waals surface area contributed by atoms with Crippen molar-refractivity contribution in [3.05, 3.63) is 51.5 Å². The van der Waals surface area contributed by atoms with Gasteiger partial charge in [0.05, 0.1) is 0 Å². The maximum atomic E-state index is 13.3. The zero-order valence-electron chi connectivity index (χ0n) is 11.1. The first-order valence-electron chi connectivity index (χ1n) is 6.57. The maximum absolute atomic E-state index is 13.3. The van der Waals surface area contributed by atoms with Crippen molar-refractivity contribution >= 4 is 17.3 Å². The number of phenolic OH excluding ortho intramolecular Hbond substituents is 1. The van der Waals surface area contributed by atoms with Gasteiger partial charge in [-0.05, 0) is 41.6 Å². The second-order valence-electron chi connectivity index (χ2n) is 5.03. The zero-order valence-corrected chi connectivity index (χ0v) is 11.9. The van der Waals surface area contributed by atoms with Crippen LogP contribution >= 0.6 is 11.3 Å². The Morgan fingerprint density at radius 1 is 1.43 bits per heavy atom. The summed E-state index contributed by atoms with van der Waals surface area (Å²) in [5.41, 5.74) is 1.20. The minimum Gasteiger partial charge on any atom is -0.508 e. The molecule has 110 valence electrons. The molecule has 1 unspecified atom stereocenters. The SMILES string of the molecule is O=C(O)C1c2ccsc2CCN1Cc1cc(F)ccc1O. The predicted molar refractivity (Wildman–Crippen MR) is 76.9 cm³/mol. The average Bonchev–Trinajstić information content (AvgIpc) is 2.90. The molecule has 1 aromatic heterocycles. The van der Waals surface area contributed by atoms with Crippen LogP contribution in [-0.4, -0.2) is 27.6 Å². The standard InChI is InChI=1S/C15H14FNO3S/c16-10-1-2-12(18)9(7-10)8-17-5-3-13-11(4-6-21-13)14(17)15(19)20/h1-2,4,6-7,14,18H,3,5,8H2,(H,19,20). The van der Waals surface area contributed by atoms with Gasteiger partial charge in [-0.3, -0.25) is 9.69 Å². The Labute approximate surface area is 125 Å². The lowest BCUT2D eigenvalue weighted by Crippen LogP contribution is -2.38. The lowest BCUT2D eigenvalue weighted by molar-refractivity contribution is -0.144. The fourth-order valence-electron chi connectivity index (χ4n) is 2.73. The highest BCUT2D eigenvalue weighted by atomic mass is 32.1. The number of carboxylic acids is 1. The molecule has 0 bridgehead atoms. The molecule has 3 rings (SSSR count). The first kappa shape index (κ1) is 14.0. The third kappa shape index (κ3) is 2.64. The molecule has 21 heavy (non-hydrogen) atoms. The number of carbonyl (C=O) groups is 1. The van der Waals surface area contributed by atoms with Gasteiger partial charge in [0.25, 0.3) is 0 Å². The first-order chi connectivity index (χ1) is 10.1. The summed E-state index contributed by atoms with van der Waals surface area (Å²) in [4.78, 5) is 14.4. The van der Waals surface area contributed by atoms with E-state index in [1.54, 1.807) is 16.2 Å². The molecule has 0 amide bonds. The van der Waals surface area contributed by atoms with Crippen molar-refractivity contribution in [1.29, 1.82) is 0 Å². The molecule has 1 aromatic carbocycles. The summed E-state index contributed by atoms with van der Waals surface area (Å²) in [5, 5.41) is 21.2. The summed E-state index contributed by atoms with van der Waals surface area (Å²) in [6, 6.07) is 4.80. The highest BCUT2D eigenvalue weighted by Crippen LogP contribution is 2.35. The molecule has 6 heteroatoms. The Kier molecular flexibility index (Phi) is 3.65. The molecule has 0 saturated heterocycles. The Bertz CT molecular complexity index is 685. The minimum atomic E-state index is -0.926. The third-order valence-corrected chi connectivity index (χ3v) is 4.71. The molecular weight excluding hydrogens is 293 g/mol. The normalized spacial score (nSPS) is 18.4. The van der Waals surface area contributed by atoms with E-state index in [-0.39, 0.29) is 12.3 Å². The Morgan fingerprint density at radius 2 is 2.24 bits per heavy atom. The molecule has 2 heterocycles. The van der Waals surface area contributed by atoms with Crippen LogP contribution in [0.4, 0.5) is 4.39 Å². The smallest absolute Gasteiger partial charge is 0.325 e. The second kappa shape index (κ2) is 5.46. The number of hydrogen-bond donors (Lipinski definition) is 2. The number of thiophene rings is 1. The van der Waals surface area contributed by atoms with Crippen LogP contribution in [0.25, 0.3) is 0 Å². The molecule has 0 radical (unpaired) electrons. The topological polar surface area (TPSA) is 60.8 Å². The highest BCUT2D eigenvalue weighted by molar-refractivity contribution is 7.10. The second-order valence-corrected chi connectivity index (χ2v) is 6.03. The van der Waals surface area contributed by atoms with E-state index in [1.165, 1.54) is 18.2 Å². The van der Waals surface area contributed by atoms with E-state index in [2.05, 4.69) is 0 Å². The monoisotopic (exact) mass is 307 g/mol. The van der Waals surface area contributed by atoms with Gasteiger partial charge in [0.1, 0.15) is 17.6 Å². The van der Waals surface area contributed by atoms with Gasteiger partial charge in [0.2, 0.25) is 0 Å². The molecular formula is C15H14FNO3S. The molecule has 1 atom stereocenters. The van der Waals surface area contributed by atoms with Gasteiger partial charge in [-0.2, -0.15) is 0 Å². The summed E-state index contributed by atoms with van der Waals surface area (Å²) in [7, 11) is 0. The molecule has 2 aromatic rings. The molecule has 1 aliphatic rings. The van der Waals surface area contributed by atoms with Gasteiger partial charge >= 0.3 is 5.97 Å². The van der Waals surface area contributed by atoms with Crippen molar-refractivity contribution in [3.8, 4) is 5.75 Å².